The Labute approximate surface area is 180 Å². The van der Waals surface area contributed by atoms with Gasteiger partial charge in [-0.25, -0.2) is 4.79 Å². The summed E-state index contributed by atoms with van der Waals surface area (Å²) < 4.78 is 11.4. The Bertz CT molecular complexity index is 1050. The number of benzene rings is 2. The number of methoxy groups -OCH3 is 1. The molecule has 0 atom stereocenters. The fourth-order valence-corrected chi connectivity index (χ4v) is 4.06. The monoisotopic (exact) mass is 474 g/mol. The van der Waals surface area contributed by atoms with Gasteiger partial charge in [-0.1, -0.05) is 28.1 Å². The van der Waals surface area contributed by atoms with Gasteiger partial charge in [-0.15, -0.1) is 11.3 Å². The molecule has 0 aliphatic heterocycles. The van der Waals surface area contributed by atoms with Crippen LogP contribution in [0, 0.1) is 0 Å². The second-order valence-electron chi connectivity index (χ2n) is 5.93. The summed E-state index contributed by atoms with van der Waals surface area (Å²) in [5.41, 5.74) is 7.59. The van der Waals surface area contributed by atoms with Crippen LogP contribution in [0.3, 0.4) is 0 Å². The van der Waals surface area contributed by atoms with Gasteiger partial charge in [0.2, 0.25) is 5.78 Å². The number of carbonyl (C=O) groups excluding carboxylic acids is 2. The third kappa shape index (κ3) is 4.44. The third-order valence-electron chi connectivity index (χ3n) is 4.09. The lowest BCUT2D eigenvalue weighted by Gasteiger charge is -2.11. The number of thiophene rings is 1. The number of ether oxygens (including phenoxy) is 2. The normalized spacial score (nSPS) is 10.4. The molecule has 29 heavy (non-hydrogen) atoms. The van der Waals surface area contributed by atoms with Gasteiger partial charge in [0.15, 0.2) is 0 Å². The summed E-state index contributed by atoms with van der Waals surface area (Å²) in [5.74, 6) is -0.262. The van der Waals surface area contributed by atoms with Gasteiger partial charge in [-0.05, 0) is 43.3 Å². The number of carbonyl (C=O) groups is 2. The van der Waals surface area contributed by atoms with Crippen molar-refractivity contribution in [2.24, 2.45) is 0 Å². The lowest BCUT2D eigenvalue weighted by Crippen LogP contribution is -2.10. The first-order valence-electron chi connectivity index (χ1n) is 8.76. The van der Waals surface area contributed by atoms with Gasteiger partial charge >= 0.3 is 5.97 Å². The van der Waals surface area contributed by atoms with Crippen molar-refractivity contribution in [2.45, 2.75) is 6.92 Å². The standard InChI is InChI=1S/C21H19BrN2O4S/c1-3-28-21(26)16-17(23)19(18(25)12-8-10-13(22)11-9-12)29-20(16)24-14-6-4-5-7-15(14)27-2/h4-11,24H,3,23H2,1-2H3. The molecule has 0 aliphatic carbocycles. The molecule has 6 nitrogen and oxygen atoms in total. The van der Waals surface area contributed by atoms with Crippen LogP contribution in [0.4, 0.5) is 16.4 Å². The molecule has 8 heteroatoms. The van der Waals surface area contributed by atoms with Crippen molar-refractivity contribution in [1.82, 2.24) is 0 Å². The van der Waals surface area contributed by atoms with E-state index in [1.165, 1.54) is 0 Å². The number of hydrogen-bond acceptors (Lipinski definition) is 7. The van der Waals surface area contributed by atoms with Crippen LogP contribution in [0.2, 0.25) is 0 Å². The minimum Gasteiger partial charge on any atom is -0.495 e. The van der Waals surface area contributed by atoms with E-state index in [4.69, 9.17) is 15.2 Å². The highest BCUT2D eigenvalue weighted by atomic mass is 79.9. The van der Waals surface area contributed by atoms with Gasteiger partial charge < -0.3 is 20.5 Å². The van der Waals surface area contributed by atoms with Gasteiger partial charge in [0.25, 0.3) is 0 Å². The van der Waals surface area contributed by atoms with Crippen molar-refractivity contribution >= 4 is 55.4 Å². The van der Waals surface area contributed by atoms with Gasteiger partial charge in [-0.3, -0.25) is 4.79 Å². The summed E-state index contributed by atoms with van der Waals surface area (Å²) >= 11 is 4.46. The number of nitrogen functional groups attached to an aromatic ring is 1. The van der Waals surface area contributed by atoms with Crippen molar-refractivity contribution in [3.8, 4) is 5.75 Å². The number of nitrogens with two attached hydrogens (primary N) is 1. The molecule has 3 rings (SSSR count). The minimum absolute atomic E-state index is 0.0961. The average Bonchev–Trinajstić information content (AvgIpc) is 3.04. The zero-order chi connectivity index (χ0) is 21.0. The lowest BCUT2D eigenvalue weighted by molar-refractivity contribution is 0.0529. The van der Waals surface area contributed by atoms with E-state index in [0.717, 1.165) is 15.8 Å². The average molecular weight is 475 g/mol. The summed E-state index contributed by atoms with van der Waals surface area (Å²) in [6, 6.07) is 14.2. The minimum atomic E-state index is -0.589. The van der Waals surface area contributed by atoms with E-state index in [-0.39, 0.29) is 28.5 Å². The van der Waals surface area contributed by atoms with E-state index >= 15 is 0 Å². The van der Waals surface area contributed by atoms with Crippen LogP contribution in [0.15, 0.2) is 53.0 Å². The quantitative estimate of drug-likeness (QED) is 0.358. The highest BCUT2D eigenvalue weighted by Gasteiger charge is 2.27. The maximum Gasteiger partial charge on any atom is 0.343 e. The lowest BCUT2D eigenvalue weighted by atomic mass is 10.1. The van der Waals surface area contributed by atoms with Crippen LogP contribution in [0.25, 0.3) is 0 Å². The summed E-state index contributed by atoms with van der Waals surface area (Å²) in [4.78, 5) is 25.8. The molecule has 0 saturated heterocycles. The maximum atomic E-state index is 13.0. The first-order chi connectivity index (χ1) is 14.0. The Balaban J connectivity index is 2.07. The molecule has 1 aromatic heterocycles. The molecular formula is C21H19BrN2O4S. The van der Waals surface area contributed by atoms with Crippen LogP contribution in [-0.4, -0.2) is 25.5 Å². The number of halogens is 1. The molecule has 3 aromatic rings. The Morgan fingerprint density at radius 2 is 1.83 bits per heavy atom. The molecule has 0 aliphatic rings. The fourth-order valence-electron chi connectivity index (χ4n) is 2.71. The van der Waals surface area contributed by atoms with Gasteiger partial charge in [0.1, 0.15) is 21.2 Å². The van der Waals surface area contributed by atoms with Crippen molar-refractivity contribution in [3.63, 3.8) is 0 Å². The Kier molecular flexibility index (Phi) is 6.56. The van der Waals surface area contributed by atoms with E-state index in [1.54, 1.807) is 50.4 Å². The molecule has 150 valence electrons. The van der Waals surface area contributed by atoms with E-state index in [1.807, 2.05) is 12.1 Å². The first kappa shape index (κ1) is 20.9. The molecule has 2 aromatic carbocycles. The fraction of sp³-hybridized carbons (Fsp3) is 0.143. The summed E-state index contributed by atoms with van der Waals surface area (Å²) in [7, 11) is 1.55. The van der Waals surface area contributed by atoms with E-state index in [9.17, 15) is 9.59 Å². The predicted molar refractivity (Wildman–Crippen MR) is 119 cm³/mol. The van der Waals surface area contributed by atoms with Crippen molar-refractivity contribution < 1.29 is 19.1 Å². The Morgan fingerprint density at radius 3 is 2.48 bits per heavy atom. The second-order valence-corrected chi connectivity index (χ2v) is 7.87. The van der Waals surface area contributed by atoms with E-state index in [0.29, 0.717) is 22.0 Å². The molecule has 0 saturated carbocycles. The number of rotatable bonds is 7. The molecule has 3 N–H and O–H groups in total. The van der Waals surface area contributed by atoms with Crippen LogP contribution < -0.4 is 15.8 Å². The number of hydrogen-bond donors (Lipinski definition) is 2. The van der Waals surface area contributed by atoms with Gasteiger partial charge in [0.05, 0.1) is 25.1 Å². The Hall–Kier alpha value is -2.84. The summed E-state index contributed by atoms with van der Waals surface area (Å²) in [5, 5.41) is 3.58. The highest BCUT2D eigenvalue weighted by molar-refractivity contribution is 9.10. The number of anilines is 3. The zero-order valence-electron chi connectivity index (χ0n) is 15.8. The van der Waals surface area contributed by atoms with Crippen LogP contribution in [0.1, 0.15) is 32.5 Å². The van der Waals surface area contributed by atoms with Gasteiger partial charge in [0, 0.05) is 10.0 Å². The number of nitrogens with one attached hydrogen (secondary N) is 1. The molecule has 1 heterocycles. The predicted octanol–water partition coefficient (Wildman–Crippen LogP) is 5.25. The molecule has 0 bridgehead atoms. The summed E-state index contributed by atoms with van der Waals surface area (Å²) in [6.07, 6.45) is 0. The third-order valence-corrected chi connectivity index (χ3v) is 5.74. The van der Waals surface area contributed by atoms with Crippen LogP contribution >= 0.6 is 27.3 Å². The first-order valence-corrected chi connectivity index (χ1v) is 10.4. The van der Waals surface area contributed by atoms with Gasteiger partial charge in [-0.2, -0.15) is 0 Å². The summed E-state index contributed by atoms with van der Waals surface area (Å²) in [6.45, 7) is 1.90. The molecule has 0 amide bonds. The number of para-hydroxylation sites is 2. The second kappa shape index (κ2) is 9.11. The van der Waals surface area contributed by atoms with Crippen molar-refractivity contribution in [1.29, 1.82) is 0 Å². The molecule has 0 radical (unpaired) electrons. The van der Waals surface area contributed by atoms with E-state index in [2.05, 4.69) is 21.2 Å². The number of esters is 1. The zero-order valence-corrected chi connectivity index (χ0v) is 18.2. The molecule has 0 spiro atoms. The molecular weight excluding hydrogens is 456 g/mol. The van der Waals surface area contributed by atoms with Crippen LogP contribution in [-0.2, 0) is 4.74 Å². The number of ketones is 1. The molecule has 0 unspecified atom stereocenters. The Morgan fingerprint density at radius 1 is 1.14 bits per heavy atom. The van der Waals surface area contributed by atoms with E-state index < -0.39 is 5.97 Å². The maximum absolute atomic E-state index is 13.0. The largest absolute Gasteiger partial charge is 0.495 e. The molecule has 0 fully saturated rings. The highest BCUT2D eigenvalue weighted by Crippen LogP contribution is 2.40. The SMILES string of the molecule is CCOC(=O)c1c(Nc2ccccc2OC)sc(C(=O)c2ccc(Br)cc2)c1N. The van der Waals surface area contributed by atoms with Crippen molar-refractivity contribution in [2.75, 3.05) is 24.8 Å². The van der Waals surface area contributed by atoms with Crippen LogP contribution in [0.5, 0.6) is 5.75 Å². The topological polar surface area (TPSA) is 90.6 Å². The van der Waals surface area contributed by atoms with Crippen molar-refractivity contribution in [3.05, 3.63) is 69.0 Å². The smallest absolute Gasteiger partial charge is 0.343 e.